The Labute approximate surface area is 200 Å². The molecule has 0 saturated heterocycles. The van der Waals surface area contributed by atoms with E-state index in [-0.39, 0.29) is 6.54 Å². The third-order valence-electron chi connectivity index (χ3n) is 5.91. The van der Waals surface area contributed by atoms with Crippen LogP contribution in [0.3, 0.4) is 0 Å². The zero-order valence-electron chi connectivity index (χ0n) is 18.6. The van der Waals surface area contributed by atoms with E-state index in [4.69, 9.17) is 0 Å². The van der Waals surface area contributed by atoms with Gasteiger partial charge in [0.1, 0.15) is 11.6 Å². The summed E-state index contributed by atoms with van der Waals surface area (Å²) in [4.78, 5) is 0. The molecule has 180 valence electrons. The summed E-state index contributed by atoms with van der Waals surface area (Å²) in [6.07, 6.45) is 3.25. The topological polar surface area (TPSA) is 89.2 Å². The number of halogens is 2. The smallest absolute Gasteiger partial charge is 0.209 e. The fraction of sp³-hybridized carbons (Fsp3) is 0.160. The largest absolute Gasteiger partial charge is 0.389 e. The van der Waals surface area contributed by atoms with Gasteiger partial charge in [-0.2, -0.15) is 5.10 Å². The SMILES string of the molecule is CS(=O)(=O)NC(c1ccc(-n2cccn2)cc1)C(O)Cn1c2ccc(F)cc2c2cc(F)ccc21. The molecule has 2 unspecified atom stereocenters. The molecule has 0 spiro atoms. The number of rotatable bonds is 7. The second-order valence-corrected chi connectivity index (χ2v) is 10.2. The predicted octanol–water partition coefficient (Wildman–Crippen LogP) is 3.91. The molecule has 2 aromatic heterocycles. The first-order valence-electron chi connectivity index (χ1n) is 10.8. The van der Waals surface area contributed by atoms with Crippen molar-refractivity contribution in [2.24, 2.45) is 0 Å². The molecule has 10 heteroatoms. The van der Waals surface area contributed by atoms with Crippen molar-refractivity contribution < 1.29 is 22.3 Å². The Hall–Kier alpha value is -3.60. The van der Waals surface area contributed by atoms with Gasteiger partial charge in [0.05, 0.1) is 30.6 Å². The highest BCUT2D eigenvalue weighted by Gasteiger charge is 2.26. The van der Waals surface area contributed by atoms with Gasteiger partial charge in [0.15, 0.2) is 0 Å². The second kappa shape index (κ2) is 8.88. The lowest BCUT2D eigenvalue weighted by Crippen LogP contribution is -2.37. The van der Waals surface area contributed by atoms with Crippen LogP contribution < -0.4 is 4.72 Å². The normalized spacial score (nSPS) is 13.9. The van der Waals surface area contributed by atoms with E-state index in [1.54, 1.807) is 64.1 Å². The van der Waals surface area contributed by atoms with Gasteiger partial charge in [-0.05, 0) is 60.2 Å². The van der Waals surface area contributed by atoms with Crippen molar-refractivity contribution in [3.05, 3.63) is 96.3 Å². The molecule has 35 heavy (non-hydrogen) atoms. The molecule has 0 saturated carbocycles. The van der Waals surface area contributed by atoms with Gasteiger partial charge in [-0.15, -0.1) is 0 Å². The molecule has 2 heterocycles. The van der Waals surface area contributed by atoms with Crippen LogP contribution in [0.4, 0.5) is 8.78 Å². The lowest BCUT2D eigenvalue weighted by Gasteiger charge is -2.25. The number of sulfonamides is 1. The number of fused-ring (bicyclic) bond motifs is 3. The third kappa shape index (κ3) is 4.68. The molecule has 0 aliphatic heterocycles. The Kier molecular flexibility index (Phi) is 5.87. The van der Waals surface area contributed by atoms with Crippen LogP contribution in [-0.4, -0.2) is 40.2 Å². The van der Waals surface area contributed by atoms with E-state index in [2.05, 4.69) is 9.82 Å². The van der Waals surface area contributed by atoms with Gasteiger partial charge in [0.25, 0.3) is 0 Å². The van der Waals surface area contributed by atoms with Crippen molar-refractivity contribution in [3.63, 3.8) is 0 Å². The maximum absolute atomic E-state index is 14.0. The van der Waals surface area contributed by atoms with Crippen LogP contribution in [0.1, 0.15) is 11.6 Å². The van der Waals surface area contributed by atoms with Crippen molar-refractivity contribution >= 4 is 31.8 Å². The van der Waals surface area contributed by atoms with Gasteiger partial charge in [-0.3, -0.25) is 0 Å². The summed E-state index contributed by atoms with van der Waals surface area (Å²) in [7, 11) is -3.68. The number of benzene rings is 3. The maximum Gasteiger partial charge on any atom is 0.209 e. The standard InChI is InChI=1S/C25H22F2N4O3S/c1-35(33,34)29-25(16-3-7-19(8-4-16)31-12-2-11-28-31)24(32)15-30-22-9-5-17(26)13-20(22)21-14-18(27)6-10-23(21)30/h2-14,24-25,29,32H,15H2,1H3. The van der Waals surface area contributed by atoms with Crippen LogP contribution in [0.25, 0.3) is 27.5 Å². The molecule has 5 aromatic rings. The van der Waals surface area contributed by atoms with Crippen molar-refractivity contribution in [1.29, 1.82) is 0 Å². The average Bonchev–Trinajstić information content (AvgIpc) is 3.44. The lowest BCUT2D eigenvalue weighted by atomic mass is 10.0. The van der Waals surface area contributed by atoms with E-state index < -0.39 is 33.8 Å². The fourth-order valence-corrected chi connectivity index (χ4v) is 5.15. The highest BCUT2D eigenvalue weighted by atomic mass is 32.2. The van der Waals surface area contributed by atoms with Crippen LogP contribution in [0.15, 0.2) is 79.1 Å². The molecule has 0 fully saturated rings. The van der Waals surface area contributed by atoms with Crippen LogP contribution in [0.5, 0.6) is 0 Å². The third-order valence-corrected chi connectivity index (χ3v) is 6.59. The van der Waals surface area contributed by atoms with Crippen LogP contribution in [-0.2, 0) is 16.6 Å². The monoisotopic (exact) mass is 496 g/mol. The van der Waals surface area contributed by atoms with E-state index >= 15 is 0 Å². The summed E-state index contributed by atoms with van der Waals surface area (Å²) in [5.41, 5.74) is 2.52. The van der Waals surface area contributed by atoms with E-state index in [0.717, 1.165) is 11.9 Å². The number of hydrogen-bond acceptors (Lipinski definition) is 4. The van der Waals surface area contributed by atoms with Gasteiger partial charge in [0.2, 0.25) is 10.0 Å². The van der Waals surface area contributed by atoms with Crippen LogP contribution in [0.2, 0.25) is 0 Å². The molecule has 0 aliphatic carbocycles. The van der Waals surface area contributed by atoms with Crippen LogP contribution >= 0.6 is 0 Å². The molecule has 0 bridgehead atoms. The van der Waals surface area contributed by atoms with E-state index in [1.165, 1.54) is 24.3 Å². The molecule has 0 aliphatic rings. The number of nitrogens with zero attached hydrogens (tertiary/aromatic N) is 3. The van der Waals surface area contributed by atoms with Crippen molar-refractivity contribution in [2.45, 2.75) is 18.7 Å². The average molecular weight is 497 g/mol. The number of aliphatic hydroxyl groups excluding tert-OH is 1. The van der Waals surface area contributed by atoms with Crippen molar-refractivity contribution in [3.8, 4) is 5.69 Å². The Morgan fingerprint density at radius 2 is 1.57 bits per heavy atom. The van der Waals surface area contributed by atoms with Gasteiger partial charge >= 0.3 is 0 Å². The van der Waals surface area contributed by atoms with Crippen molar-refractivity contribution in [2.75, 3.05) is 6.26 Å². The van der Waals surface area contributed by atoms with Gasteiger partial charge < -0.3 is 9.67 Å². The fourth-order valence-electron chi connectivity index (χ4n) is 4.39. The van der Waals surface area contributed by atoms with Gasteiger partial charge in [-0.1, -0.05) is 12.1 Å². The van der Waals surface area contributed by atoms with Crippen LogP contribution in [0, 0.1) is 11.6 Å². The van der Waals surface area contributed by atoms with Gasteiger partial charge in [0, 0.05) is 34.2 Å². The Balaban J connectivity index is 1.55. The number of aliphatic hydroxyl groups is 1. The van der Waals surface area contributed by atoms with E-state index in [9.17, 15) is 22.3 Å². The highest BCUT2D eigenvalue weighted by Crippen LogP contribution is 2.32. The molecular weight excluding hydrogens is 474 g/mol. The molecule has 7 nitrogen and oxygen atoms in total. The minimum absolute atomic E-state index is 0.0225. The van der Waals surface area contributed by atoms with Crippen molar-refractivity contribution in [1.82, 2.24) is 19.1 Å². The number of aromatic nitrogens is 3. The molecule has 5 rings (SSSR count). The summed E-state index contributed by atoms with van der Waals surface area (Å²) >= 11 is 0. The number of hydrogen-bond donors (Lipinski definition) is 2. The minimum Gasteiger partial charge on any atom is -0.389 e. The Morgan fingerprint density at radius 1 is 0.971 bits per heavy atom. The second-order valence-electron chi connectivity index (χ2n) is 8.41. The van der Waals surface area contributed by atoms with E-state index in [0.29, 0.717) is 27.4 Å². The number of nitrogens with one attached hydrogen (secondary N) is 1. The first-order chi connectivity index (χ1) is 16.7. The zero-order valence-corrected chi connectivity index (χ0v) is 19.5. The lowest BCUT2D eigenvalue weighted by molar-refractivity contribution is 0.121. The highest BCUT2D eigenvalue weighted by molar-refractivity contribution is 7.88. The Bertz CT molecular complexity index is 1560. The minimum atomic E-state index is -3.68. The van der Waals surface area contributed by atoms with Gasteiger partial charge in [-0.25, -0.2) is 26.6 Å². The molecule has 0 amide bonds. The quantitative estimate of drug-likeness (QED) is 0.358. The summed E-state index contributed by atoms with van der Waals surface area (Å²) in [5.74, 6) is -0.925. The summed E-state index contributed by atoms with van der Waals surface area (Å²) in [5, 5.41) is 16.4. The first kappa shape index (κ1) is 23.2. The predicted molar refractivity (Wildman–Crippen MR) is 130 cm³/mol. The molecule has 2 atom stereocenters. The van der Waals surface area contributed by atoms with E-state index in [1.807, 2.05) is 0 Å². The first-order valence-corrected chi connectivity index (χ1v) is 12.7. The summed E-state index contributed by atoms with van der Waals surface area (Å²) < 4.78 is 58.2. The summed E-state index contributed by atoms with van der Waals surface area (Å²) in [6.45, 7) is -0.0225. The molecule has 2 N–H and O–H groups in total. The molecule has 0 radical (unpaired) electrons. The zero-order chi connectivity index (χ0) is 24.7. The molecule has 3 aromatic carbocycles. The Morgan fingerprint density at radius 3 is 2.09 bits per heavy atom. The maximum atomic E-state index is 14.0. The molecular formula is C25H22F2N4O3S. The summed E-state index contributed by atoms with van der Waals surface area (Å²) in [6, 6.07) is 16.2.